The Morgan fingerprint density at radius 1 is 1.00 bits per heavy atom. The number of amides is 3. The largest absolute Gasteiger partial charge is 0.444 e. The molecule has 0 heterocycles. The van der Waals surface area contributed by atoms with Gasteiger partial charge >= 0.3 is 6.09 Å². The molecule has 0 aliphatic heterocycles. The average molecular weight is 540 g/mol. The molecule has 0 radical (unpaired) electrons. The van der Waals surface area contributed by atoms with Crippen molar-refractivity contribution >= 4 is 17.9 Å². The van der Waals surface area contributed by atoms with Crippen LogP contribution < -0.4 is 10.6 Å². The quantitative estimate of drug-likeness (QED) is 0.312. The number of rotatable bonds is 13. The first-order chi connectivity index (χ1) is 18.5. The number of carbonyl (C=O) groups excluding carboxylic acids is 3. The van der Waals surface area contributed by atoms with Crippen LogP contribution in [0.5, 0.6) is 0 Å². The van der Waals surface area contributed by atoms with Crippen LogP contribution in [-0.2, 0) is 20.9 Å². The van der Waals surface area contributed by atoms with E-state index in [0.29, 0.717) is 25.1 Å². The van der Waals surface area contributed by atoms with E-state index in [1.54, 1.807) is 20.8 Å². The number of benzene rings is 2. The van der Waals surface area contributed by atoms with Crippen LogP contribution in [0, 0.1) is 13.8 Å². The Kier molecular flexibility index (Phi) is 12.5. The minimum absolute atomic E-state index is 0.294. The number of aryl methyl sites for hydroxylation is 2. The molecule has 2 aromatic rings. The minimum Gasteiger partial charge on any atom is -0.444 e. The second-order valence-corrected chi connectivity index (χ2v) is 10.9. The van der Waals surface area contributed by atoms with Crippen molar-refractivity contribution in [3.05, 3.63) is 70.8 Å². The SMILES string of the molecule is CCCCCCN(C(=O)C(CO)NC(=O)OC(C)(C)C)C(C(=O)NCc1ccccc1)c1cc(C)ccc1C. The maximum atomic E-state index is 13.9. The van der Waals surface area contributed by atoms with Gasteiger partial charge in [-0.1, -0.05) is 80.3 Å². The average Bonchev–Trinajstić information content (AvgIpc) is 2.88. The first kappa shape index (κ1) is 31.8. The molecule has 3 amide bonds. The van der Waals surface area contributed by atoms with Crippen LogP contribution in [-0.4, -0.2) is 52.7 Å². The topological polar surface area (TPSA) is 108 Å². The molecule has 0 aliphatic carbocycles. The van der Waals surface area contributed by atoms with Crippen molar-refractivity contribution in [3.8, 4) is 0 Å². The van der Waals surface area contributed by atoms with Crippen LogP contribution >= 0.6 is 0 Å². The second-order valence-electron chi connectivity index (χ2n) is 10.9. The van der Waals surface area contributed by atoms with Crippen LogP contribution in [0.1, 0.15) is 81.7 Å². The molecule has 2 unspecified atom stereocenters. The maximum Gasteiger partial charge on any atom is 0.408 e. The Labute approximate surface area is 233 Å². The molecule has 3 N–H and O–H groups in total. The van der Waals surface area contributed by atoms with Crippen LogP contribution in [0.3, 0.4) is 0 Å². The van der Waals surface area contributed by atoms with Gasteiger partial charge in [-0.3, -0.25) is 9.59 Å². The Bertz CT molecular complexity index is 1080. The van der Waals surface area contributed by atoms with E-state index in [1.165, 1.54) is 4.90 Å². The normalized spacial score (nSPS) is 12.8. The second kappa shape index (κ2) is 15.3. The number of aliphatic hydroxyl groups excluding tert-OH is 1. The molecular weight excluding hydrogens is 494 g/mol. The van der Waals surface area contributed by atoms with Crippen molar-refractivity contribution in [2.75, 3.05) is 13.2 Å². The summed E-state index contributed by atoms with van der Waals surface area (Å²) < 4.78 is 5.32. The molecule has 2 aromatic carbocycles. The molecular formula is C31H45N3O5. The highest BCUT2D eigenvalue weighted by Gasteiger charge is 2.36. The van der Waals surface area contributed by atoms with Crippen LogP contribution in [0.4, 0.5) is 4.79 Å². The first-order valence-electron chi connectivity index (χ1n) is 13.8. The van der Waals surface area contributed by atoms with Gasteiger partial charge < -0.3 is 25.4 Å². The van der Waals surface area contributed by atoms with Crippen LogP contribution in [0.15, 0.2) is 48.5 Å². The van der Waals surface area contributed by atoms with E-state index in [-0.39, 0.29) is 5.91 Å². The highest BCUT2D eigenvalue weighted by atomic mass is 16.6. The molecule has 0 saturated heterocycles. The Hall–Kier alpha value is -3.39. The summed E-state index contributed by atoms with van der Waals surface area (Å²) in [5.41, 5.74) is 2.70. The van der Waals surface area contributed by atoms with E-state index in [4.69, 9.17) is 4.74 Å². The molecule has 0 aliphatic rings. The molecule has 8 heteroatoms. The van der Waals surface area contributed by atoms with E-state index in [2.05, 4.69) is 17.6 Å². The molecule has 8 nitrogen and oxygen atoms in total. The lowest BCUT2D eigenvalue weighted by Gasteiger charge is -2.35. The summed E-state index contributed by atoms with van der Waals surface area (Å²) in [7, 11) is 0. The lowest BCUT2D eigenvalue weighted by Crippen LogP contribution is -2.54. The summed E-state index contributed by atoms with van der Waals surface area (Å²) in [6.07, 6.45) is 2.77. The fourth-order valence-electron chi connectivity index (χ4n) is 4.30. The van der Waals surface area contributed by atoms with Gasteiger partial charge in [0.2, 0.25) is 11.8 Å². The zero-order chi connectivity index (χ0) is 29.0. The van der Waals surface area contributed by atoms with E-state index in [9.17, 15) is 19.5 Å². The molecule has 2 rings (SSSR count). The Morgan fingerprint density at radius 2 is 1.69 bits per heavy atom. The summed E-state index contributed by atoms with van der Waals surface area (Å²) in [6, 6.07) is 13.2. The van der Waals surface area contributed by atoms with Crippen molar-refractivity contribution in [1.82, 2.24) is 15.5 Å². The third kappa shape index (κ3) is 10.4. The van der Waals surface area contributed by atoms with Crippen molar-refractivity contribution in [3.63, 3.8) is 0 Å². The maximum absolute atomic E-state index is 13.9. The highest BCUT2D eigenvalue weighted by Crippen LogP contribution is 2.27. The zero-order valence-corrected chi connectivity index (χ0v) is 24.3. The predicted molar refractivity (Wildman–Crippen MR) is 153 cm³/mol. The van der Waals surface area contributed by atoms with Gasteiger partial charge in [-0.2, -0.15) is 0 Å². The molecule has 0 fully saturated rings. The van der Waals surface area contributed by atoms with Gasteiger partial charge in [-0.25, -0.2) is 4.79 Å². The predicted octanol–water partition coefficient (Wildman–Crippen LogP) is 4.96. The fraction of sp³-hybridized carbons (Fsp3) is 0.516. The van der Waals surface area contributed by atoms with Gasteiger partial charge in [0.25, 0.3) is 0 Å². The van der Waals surface area contributed by atoms with Gasteiger partial charge in [0, 0.05) is 13.1 Å². The first-order valence-corrected chi connectivity index (χ1v) is 13.8. The summed E-state index contributed by atoms with van der Waals surface area (Å²) in [5, 5.41) is 15.6. The van der Waals surface area contributed by atoms with E-state index in [1.807, 2.05) is 62.4 Å². The fourth-order valence-corrected chi connectivity index (χ4v) is 4.30. The van der Waals surface area contributed by atoms with Gasteiger partial charge in [-0.05, 0) is 57.7 Å². The van der Waals surface area contributed by atoms with Crippen LogP contribution in [0.2, 0.25) is 0 Å². The van der Waals surface area contributed by atoms with Gasteiger partial charge in [0.1, 0.15) is 17.7 Å². The van der Waals surface area contributed by atoms with Gasteiger partial charge in [0.15, 0.2) is 0 Å². The molecule has 2 atom stereocenters. The number of carbonyl (C=O) groups is 3. The van der Waals surface area contributed by atoms with Crippen molar-refractivity contribution in [2.45, 2.75) is 91.5 Å². The third-order valence-electron chi connectivity index (χ3n) is 6.31. The van der Waals surface area contributed by atoms with Crippen molar-refractivity contribution in [1.29, 1.82) is 0 Å². The molecule has 0 saturated carbocycles. The standard InChI is InChI=1S/C31H45N3O5/c1-7-8-9-13-18-34(29(37)26(21-35)33-30(38)39-31(4,5)6)27(25-19-22(2)16-17-23(25)3)28(36)32-20-24-14-11-10-12-15-24/h10-12,14-17,19,26-27,35H,7-9,13,18,20-21H2,1-6H3,(H,32,36)(H,33,38). The number of ether oxygens (including phenoxy) is 1. The number of aliphatic hydroxyl groups is 1. The van der Waals surface area contributed by atoms with Crippen LogP contribution in [0.25, 0.3) is 0 Å². The minimum atomic E-state index is -1.26. The van der Waals surface area contributed by atoms with E-state index >= 15 is 0 Å². The van der Waals surface area contributed by atoms with Crippen molar-refractivity contribution in [2.24, 2.45) is 0 Å². The molecule has 214 valence electrons. The molecule has 0 aromatic heterocycles. The molecule has 0 spiro atoms. The number of hydrogen-bond donors (Lipinski definition) is 3. The summed E-state index contributed by atoms with van der Waals surface area (Å²) >= 11 is 0. The smallest absolute Gasteiger partial charge is 0.408 e. The molecule has 39 heavy (non-hydrogen) atoms. The number of nitrogens with zero attached hydrogens (tertiary/aromatic N) is 1. The van der Waals surface area contributed by atoms with Crippen molar-refractivity contribution < 1.29 is 24.2 Å². The monoisotopic (exact) mass is 539 g/mol. The van der Waals surface area contributed by atoms with Gasteiger partial charge in [0.05, 0.1) is 6.61 Å². The Balaban J connectivity index is 2.46. The summed E-state index contributed by atoms with van der Waals surface area (Å²) in [4.78, 5) is 41.8. The number of unbranched alkanes of at least 4 members (excludes halogenated alkanes) is 3. The zero-order valence-electron chi connectivity index (χ0n) is 24.3. The summed E-state index contributed by atoms with van der Waals surface area (Å²) in [5.74, 6) is -0.869. The highest BCUT2D eigenvalue weighted by molar-refractivity contribution is 5.92. The number of alkyl carbamates (subject to hydrolysis) is 1. The summed E-state index contributed by atoms with van der Waals surface area (Å²) in [6.45, 7) is 11.1. The Morgan fingerprint density at radius 3 is 2.31 bits per heavy atom. The van der Waals surface area contributed by atoms with Gasteiger partial charge in [-0.15, -0.1) is 0 Å². The third-order valence-corrected chi connectivity index (χ3v) is 6.31. The van der Waals surface area contributed by atoms with E-state index < -0.39 is 36.3 Å². The lowest BCUT2D eigenvalue weighted by atomic mass is 9.95. The lowest BCUT2D eigenvalue weighted by molar-refractivity contribution is -0.143. The number of nitrogens with one attached hydrogen (secondary N) is 2. The molecule has 0 bridgehead atoms. The van der Waals surface area contributed by atoms with E-state index in [0.717, 1.165) is 36.0 Å². The number of hydrogen-bond acceptors (Lipinski definition) is 5.